The van der Waals surface area contributed by atoms with E-state index in [4.69, 9.17) is 11.6 Å². The summed E-state index contributed by atoms with van der Waals surface area (Å²) in [6.45, 7) is 3.63. The van der Waals surface area contributed by atoms with E-state index in [9.17, 15) is 4.79 Å². The third-order valence-electron chi connectivity index (χ3n) is 2.71. The lowest BCUT2D eigenvalue weighted by molar-refractivity contribution is 0.102. The van der Waals surface area contributed by atoms with E-state index in [0.717, 1.165) is 5.56 Å². The van der Waals surface area contributed by atoms with Crippen LogP contribution >= 0.6 is 11.6 Å². The monoisotopic (exact) mass is 283 g/mol. The summed E-state index contributed by atoms with van der Waals surface area (Å²) in [5, 5.41) is 3.50. The van der Waals surface area contributed by atoms with Gasteiger partial charge in [-0.05, 0) is 35.9 Å². The van der Waals surface area contributed by atoms with Gasteiger partial charge in [0.15, 0.2) is 0 Å². The van der Waals surface area contributed by atoms with Gasteiger partial charge in [0.05, 0.1) is 0 Å². The molecule has 0 spiro atoms. The van der Waals surface area contributed by atoms with Gasteiger partial charge in [-0.3, -0.25) is 4.79 Å². The number of halogens is 1. The summed E-state index contributed by atoms with van der Waals surface area (Å²) in [7, 11) is 0. The van der Waals surface area contributed by atoms with Crippen LogP contribution in [0.25, 0.3) is 6.08 Å². The molecule has 0 saturated heterocycles. The number of nitrogens with one attached hydrogen (secondary N) is 1. The second-order valence-electron chi connectivity index (χ2n) is 4.15. The van der Waals surface area contributed by atoms with Crippen molar-refractivity contribution >= 4 is 29.3 Å². The minimum atomic E-state index is -0.152. The molecule has 0 fully saturated rings. The first-order chi connectivity index (χ1) is 9.70. The van der Waals surface area contributed by atoms with Crippen molar-refractivity contribution in [2.24, 2.45) is 0 Å². The highest BCUT2D eigenvalue weighted by atomic mass is 35.5. The van der Waals surface area contributed by atoms with Crippen LogP contribution in [0.3, 0.4) is 0 Å². The minimum Gasteiger partial charge on any atom is -0.321 e. The van der Waals surface area contributed by atoms with Crippen molar-refractivity contribution in [1.29, 1.82) is 0 Å². The minimum absolute atomic E-state index is 0.152. The molecular weight excluding hydrogens is 270 g/mol. The van der Waals surface area contributed by atoms with Crippen LogP contribution in [0.5, 0.6) is 0 Å². The van der Waals surface area contributed by atoms with Gasteiger partial charge in [0, 0.05) is 16.3 Å². The van der Waals surface area contributed by atoms with E-state index in [2.05, 4.69) is 11.9 Å². The summed E-state index contributed by atoms with van der Waals surface area (Å²) in [6.07, 6.45) is 5.31. The SMILES string of the molecule is C=C/C=C/c1cc(Cl)ccc1NC(=O)c1ccccc1. The molecule has 0 aliphatic heterocycles. The van der Waals surface area contributed by atoms with Crippen LogP contribution in [0.1, 0.15) is 15.9 Å². The summed E-state index contributed by atoms with van der Waals surface area (Å²) >= 11 is 5.98. The lowest BCUT2D eigenvalue weighted by Crippen LogP contribution is -2.12. The summed E-state index contributed by atoms with van der Waals surface area (Å²) in [5.41, 5.74) is 2.16. The van der Waals surface area contributed by atoms with Crippen molar-refractivity contribution in [3.63, 3.8) is 0 Å². The fourth-order valence-corrected chi connectivity index (χ4v) is 1.92. The molecule has 1 amide bonds. The van der Waals surface area contributed by atoms with Crippen LogP contribution in [0.4, 0.5) is 5.69 Å². The smallest absolute Gasteiger partial charge is 0.255 e. The lowest BCUT2D eigenvalue weighted by Gasteiger charge is -2.09. The maximum absolute atomic E-state index is 12.1. The second-order valence-corrected chi connectivity index (χ2v) is 4.58. The molecule has 100 valence electrons. The zero-order valence-electron chi connectivity index (χ0n) is 10.8. The zero-order valence-corrected chi connectivity index (χ0v) is 11.6. The van der Waals surface area contributed by atoms with Crippen molar-refractivity contribution in [3.05, 3.63) is 83.4 Å². The molecule has 3 heteroatoms. The van der Waals surface area contributed by atoms with Gasteiger partial charge in [-0.15, -0.1) is 0 Å². The highest BCUT2D eigenvalue weighted by Crippen LogP contribution is 2.22. The number of benzene rings is 2. The van der Waals surface area contributed by atoms with Gasteiger partial charge >= 0.3 is 0 Å². The van der Waals surface area contributed by atoms with Crippen molar-refractivity contribution in [3.8, 4) is 0 Å². The molecule has 0 aliphatic rings. The van der Waals surface area contributed by atoms with E-state index in [0.29, 0.717) is 16.3 Å². The number of amides is 1. The molecule has 0 radical (unpaired) electrons. The molecular formula is C17H14ClNO. The average Bonchev–Trinajstić information content (AvgIpc) is 2.48. The van der Waals surface area contributed by atoms with Gasteiger partial charge in [-0.1, -0.05) is 54.6 Å². The van der Waals surface area contributed by atoms with Crippen LogP contribution < -0.4 is 5.32 Å². The molecule has 0 atom stereocenters. The number of rotatable bonds is 4. The molecule has 2 rings (SSSR count). The van der Waals surface area contributed by atoms with Crippen molar-refractivity contribution < 1.29 is 4.79 Å². The Morgan fingerprint density at radius 3 is 2.60 bits per heavy atom. The number of hydrogen-bond acceptors (Lipinski definition) is 1. The molecule has 2 aromatic rings. The Morgan fingerprint density at radius 1 is 1.15 bits per heavy atom. The van der Waals surface area contributed by atoms with Gasteiger partial charge < -0.3 is 5.32 Å². The lowest BCUT2D eigenvalue weighted by atomic mass is 10.1. The van der Waals surface area contributed by atoms with Gasteiger partial charge in [0.25, 0.3) is 5.91 Å². The Bertz CT molecular complexity index is 647. The zero-order chi connectivity index (χ0) is 14.4. The Balaban J connectivity index is 2.27. The third-order valence-corrected chi connectivity index (χ3v) is 2.94. The highest BCUT2D eigenvalue weighted by molar-refractivity contribution is 6.30. The molecule has 2 aromatic carbocycles. The molecule has 0 unspecified atom stereocenters. The van der Waals surface area contributed by atoms with Gasteiger partial charge in [-0.2, -0.15) is 0 Å². The average molecular weight is 284 g/mol. The van der Waals surface area contributed by atoms with Gasteiger partial charge in [0.1, 0.15) is 0 Å². The van der Waals surface area contributed by atoms with E-state index in [1.807, 2.05) is 24.3 Å². The fourth-order valence-electron chi connectivity index (χ4n) is 1.74. The van der Waals surface area contributed by atoms with E-state index >= 15 is 0 Å². The molecule has 0 heterocycles. The Labute approximate surface area is 123 Å². The van der Waals surface area contributed by atoms with Gasteiger partial charge in [-0.25, -0.2) is 0 Å². The first-order valence-electron chi connectivity index (χ1n) is 6.16. The quantitative estimate of drug-likeness (QED) is 0.803. The summed E-state index contributed by atoms with van der Waals surface area (Å²) < 4.78 is 0. The Kier molecular flexibility index (Phi) is 4.75. The number of anilines is 1. The molecule has 0 saturated carbocycles. The van der Waals surface area contributed by atoms with E-state index < -0.39 is 0 Å². The van der Waals surface area contributed by atoms with Crippen molar-refractivity contribution in [1.82, 2.24) is 0 Å². The molecule has 0 aromatic heterocycles. The number of carbonyl (C=O) groups excluding carboxylic acids is 1. The fraction of sp³-hybridized carbons (Fsp3) is 0. The standard InChI is InChI=1S/C17H14ClNO/c1-2-3-7-14-12-15(18)10-11-16(14)19-17(20)13-8-5-4-6-9-13/h2-12H,1H2,(H,19,20)/b7-3+. The Hall–Kier alpha value is -2.32. The maximum atomic E-state index is 12.1. The maximum Gasteiger partial charge on any atom is 0.255 e. The topological polar surface area (TPSA) is 29.1 Å². The largest absolute Gasteiger partial charge is 0.321 e. The van der Waals surface area contributed by atoms with Crippen LogP contribution in [-0.2, 0) is 0 Å². The predicted octanol–water partition coefficient (Wildman–Crippen LogP) is 4.79. The molecule has 0 aliphatic carbocycles. The van der Waals surface area contributed by atoms with E-state index in [1.54, 1.807) is 42.5 Å². The number of carbonyl (C=O) groups is 1. The first-order valence-corrected chi connectivity index (χ1v) is 6.53. The first kappa shape index (κ1) is 14.1. The van der Waals surface area contributed by atoms with Crippen LogP contribution in [-0.4, -0.2) is 5.91 Å². The summed E-state index contributed by atoms with van der Waals surface area (Å²) in [5.74, 6) is -0.152. The number of allylic oxidation sites excluding steroid dienone is 2. The Morgan fingerprint density at radius 2 is 1.90 bits per heavy atom. The highest BCUT2D eigenvalue weighted by Gasteiger charge is 2.07. The van der Waals surface area contributed by atoms with Gasteiger partial charge in [0.2, 0.25) is 0 Å². The normalized spacial score (nSPS) is 10.4. The van der Waals surface area contributed by atoms with Crippen molar-refractivity contribution in [2.75, 3.05) is 5.32 Å². The summed E-state index contributed by atoms with van der Waals surface area (Å²) in [6, 6.07) is 14.4. The van der Waals surface area contributed by atoms with Crippen LogP contribution in [0, 0.1) is 0 Å². The second kappa shape index (κ2) is 6.73. The van der Waals surface area contributed by atoms with Crippen molar-refractivity contribution in [2.45, 2.75) is 0 Å². The predicted molar refractivity (Wildman–Crippen MR) is 85.1 cm³/mol. The van der Waals surface area contributed by atoms with Crippen LogP contribution in [0.15, 0.2) is 67.3 Å². The van der Waals surface area contributed by atoms with E-state index in [-0.39, 0.29) is 5.91 Å². The molecule has 20 heavy (non-hydrogen) atoms. The molecule has 2 nitrogen and oxygen atoms in total. The van der Waals surface area contributed by atoms with Crippen LogP contribution in [0.2, 0.25) is 5.02 Å². The molecule has 1 N–H and O–H groups in total. The van der Waals surface area contributed by atoms with E-state index in [1.165, 1.54) is 0 Å². The molecule has 0 bridgehead atoms. The summed E-state index contributed by atoms with van der Waals surface area (Å²) in [4.78, 5) is 12.1. The number of hydrogen-bond donors (Lipinski definition) is 1. The third kappa shape index (κ3) is 3.59.